The van der Waals surface area contributed by atoms with Crippen molar-refractivity contribution in [1.82, 2.24) is 9.97 Å². The summed E-state index contributed by atoms with van der Waals surface area (Å²) in [5.41, 5.74) is 3.55. The molecule has 0 bridgehead atoms. The second kappa shape index (κ2) is 11.3. The monoisotopic (exact) mass is 462 g/mol. The number of benzene rings is 2. The average Bonchev–Trinajstić information content (AvgIpc) is 3.34. The van der Waals surface area contributed by atoms with Crippen LogP contribution in [0.4, 0.5) is 14.7 Å². The van der Waals surface area contributed by atoms with Crippen LogP contribution in [-0.4, -0.2) is 28.8 Å². The lowest BCUT2D eigenvalue weighted by Gasteiger charge is -2.22. The summed E-state index contributed by atoms with van der Waals surface area (Å²) in [5.74, 6) is -0.322. The van der Waals surface area contributed by atoms with Crippen molar-refractivity contribution in [2.24, 2.45) is 4.99 Å². The van der Waals surface area contributed by atoms with Crippen LogP contribution in [0.1, 0.15) is 69.5 Å². The number of aliphatic imine (C=N–C) groups is 1. The van der Waals surface area contributed by atoms with Crippen molar-refractivity contribution < 1.29 is 8.78 Å². The molecular weight excluding hydrogens is 430 g/mol. The molecule has 0 N–H and O–H groups in total. The molecular formula is C28H32F2N4. The van der Waals surface area contributed by atoms with E-state index in [-0.39, 0.29) is 11.6 Å². The molecule has 2 aromatic carbocycles. The zero-order chi connectivity index (χ0) is 23.9. The maximum Gasteiger partial charge on any atom is 0.225 e. The van der Waals surface area contributed by atoms with Crippen LogP contribution in [0.25, 0.3) is 11.1 Å². The lowest BCUT2D eigenvalue weighted by Crippen LogP contribution is -2.27. The van der Waals surface area contributed by atoms with Crippen molar-refractivity contribution in [3.8, 4) is 11.1 Å². The number of unbranched alkanes of at least 4 members (excludes halogenated alkanes) is 2. The van der Waals surface area contributed by atoms with Crippen molar-refractivity contribution in [3.63, 3.8) is 0 Å². The van der Waals surface area contributed by atoms with Gasteiger partial charge in [0.1, 0.15) is 11.6 Å². The Bertz CT molecular complexity index is 1080. The lowest BCUT2D eigenvalue weighted by atomic mass is 10.0. The van der Waals surface area contributed by atoms with Crippen molar-refractivity contribution in [2.75, 3.05) is 18.0 Å². The lowest BCUT2D eigenvalue weighted by molar-refractivity contribution is 0.578. The zero-order valence-electron chi connectivity index (χ0n) is 20.0. The number of aromatic nitrogens is 2. The summed E-state index contributed by atoms with van der Waals surface area (Å²) in [6.45, 7) is 6.35. The standard InChI is InChI=1S/C28H32F2N4/c1-3-5-16-34(17-6-4-2)28-31-18-22(19-32-28)20-10-12-21(13-11-20)25-14-15-26(33-25)27-23(29)8-7-9-24(27)30/h7-13,18-19,25H,3-6,14-17H2,1-2H3. The van der Waals surface area contributed by atoms with Gasteiger partial charge in [0.25, 0.3) is 0 Å². The van der Waals surface area contributed by atoms with Gasteiger partial charge in [0, 0.05) is 36.8 Å². The van der Waals surface area contributed by atoms with E-state index in [4.69, 9.17) is 0 Å². The van der Waals surface area contributed by atoms with Crippen molar-refractivity contribution >= 4 is 11.7 Å². The van der Waals surface area contributed by atoms with Crippen LogP contribution in [-0.2, 0) is 0 Å². The molecule has 0 radical (unpaired) electrons. The molecule has 1 aromatic heterocycles. The van der Waals surface area contributed by atoms with Crippen LogP contribution >= 0.6 is 0 Å². The maximum absolute atomic E-state index is 14.1. The van der Waals surface area contributed by atoms with E-state index in [1.165, 1.54) is 18.2 Å². The Kier molecular flexibility index (Phi) is 7.99. The van der Waals surface area contributed by atoms with Gasteiger partial charge in [-0.25, -0.2) is 18.7 Å². The Hall–Kier alpha value is -3.15. The molecule has 34 heavy (non-hydrogen) atoms. The molecule has 3 aromatic rings. The first kappa shape index (κ1) is 24.0. The topological polar surface area (TPSA) is 41.4 Å². The summed E-state index contributed by atoms with van der Waals surface area (Å²) in [5, 5.41) is 0. The van der Waals surface area contributed by atoms with Gasteiger partial charge in [0.2, 0.25) is 5.95 Å². The third-order valence-electron chi connectivity index (χ3n) is 6.33. The van der Waals surface area contributed by atoms with E-state index in [9.17, 15) is 8.78 Å². The molecule has 0 saturated heterocycles. The number of anilines is 1. The van der Waals surface area contributed by atoms with Crippen molar-refractivity contribution in [2.45, 2.75) is 58.4 Å². The van der Waals surface area contributed by atoms with Crippen LogP contribution in [0.5, 0.6) is 0 Å². The molecule has 1 atom stereocenters. The summed E-state index contributed by atoms with van der Waals surface area (Å²) >= 11 is 0. The number of nitrogens with zero attached hydrogens (tertiary/aromatic N) is 4. The Balaban J connectivity index is 1.47. The third kappa shape index (κ3) is 5.49. The third-order valence-corrected chi connectivity index (χ3v) is 6.33. The van der Waals surface area contributed by atoms with E-state index in [2.05, 4.69) is 33.7 Å². The normalized spacial score (nSPS) is 15.4. The predicted molar refractivity (Wildman–Crippen MR) is 134 cm³/mol. The minimum Gasteiger partial charge on any atom is -0.341 e. The summed E-state index contributed by atoms with van der Waals surface area (Å²) < 4.78 is 28.3. The summed E-state index contributed by atoms with van der Waals surface area (Å²) in [7, 11) is 0. The van der Waals surface area contributed by atoms with E-state index in [1.54, 1.807) is 0 Å². The number of hydrogen-bond acceptors (Lipinski definition) is 4. The molecule has 0 spiro atoms. The molecule has 178 valence electrons. The molecule has 4 rings (SSSR count). The minimum absolute atomic E-state index is 0.00535. The van der Waals surface area contributed by atoms with E-state index in [0.717, 1.165) is 67.8 Å². The minimum atomic E-state index is -0.554. The molecule has 0 fully saturated rings. The maximum atomic E-state index is 14.1. The Morgan fingerprint density at radius 1 is 0.853 bits per heavy atom. The van der Waals surface area contributed by atoms with E-state index < -0.39 is 11.6 Å². The number of halogens is 2. The van der Waals surface area contributed by atoms with Crippen molar-refractivity contribution in [3.05, 3.63) is 77.6 Å². The molecule has 0 saturated carbocycles. The molecule has 4 nitrogen and oxygen atoms in total. The Labute approximate surface area is 200 Å². The molecule has 1 aliphatic rings. The molecule has 0 aliphatic carbocycles. The van der Waals surface area contributed by atoms with Gasteiger partial charge >= 0.3 is 0 Å². The highest BCUT2D eigenvalue weighted by atomic mass is 19.1. The quantitative estimate of drug-likeness (QED) is 0.321. The molecule has 1 aliphatic heterocycles. The van der Waals surface area contributed by atoms with Crippen LogP contribution in [0.15, 0.2) is 59.9 Å². The van der Waals surface area contributed by atoms with E-state index in [1.807, 2.05) is 36.7 Å². The highest BCUT2D eigenvalue weighted by Crippen LogP contribution is 2.33. The van der Waals surface area contributed by atoms with Crippen LogP contribution in [0.3, 0.4) is 0 Å². The smallest absolute Gasteiger partial charge is 0.225 e. The summed E-state index contributed by atoms with van der Waals surface area (Å²) in [6.07, 6.45) is 9.63. The SMILES string of the molecule is CCCCN(CCCC)c1ncc(-c2ccc(C3CCC(c4c(F)cccc4F)=N3)cc2)cn1. The molecule has 1 unspecified atom stereocenters. The Morgan fingerprint density at radius 3 is 2.06 bits per heavy atom. The predicted octanol–water partition coefficient (Wildman–Crippen LogP) is 7.15. The van der Waals surface area contributed by atoms with Crippen LogP contribution in [0.2, 0.25) is 0 Å². The van der Waals surface area contributed by atoms with Gasteiger partial charge in [-0.2, -0.15) is 0 Å². The van der Waals surface area contributed by atoms with Gasteiger partial charge in [-0.15, -0.1) is 0 Å². The largest absolute Gasteiger partial charge is 0.341 e. The van der Waals surface area contributed by atoms with Gasteiger partial charge in [-0.05, 0) is 48.9 Å². The van der Waals surface area contributed by atoms with E-state index in [0.29, 0.717) is 12.1 Å². The first-order chi connectivity index (χ1) is 16.6. The fourth-order valence-corrected chi connectivity index (χ4v) is 4.34. The Morgan fingerprint density at radius 2 is 1.47 bits per heavy atom. The second-order valence-electron chi connectivity index (χ2n) is 8.81. The summed E-state index contributed by atoms with van der Waals surface area (Å²) in [4.78, 5) is 16.2. The molecule has 2 heterocycles. The molecule has 0 amide bonds. The van der Waals surface area contributed by atoms with Gasteiger partial charge in [-0.3, -0.25) is 4.99 Å². The van der Waals surface area contributed by atoms with Gasteiger partial charge in [-0.1, -0.05) is 57.0 Å². The highest BCUT2D eigenvalue weighted by molar-refractivity contribution is 6.02. The fraction of sp³-hybridized carbons (Fsp3) is 0.393. The van der Waals surface area contributed by atoms with Crippen molar-refractivity contribution in [1.29, 1.82) is 0 Å². The average molecular weight is 463 g/mol. The number of hydrogen-bond donors (Lipinski definition) is 0. The second-order valence-corrected chi connectivity index (χ2v) is 8.81. The van der Waals surface area contributed by atoms with Crippen LogP contribution < -0.4 is 4.90 Å². The first-order valence-corrected chi connectivity index (χ1v) is 12.3. The zero-order valence-corrected chi connectivity index (χ0v) is 20.0. The summed E-state index contributed by atoms with van der Waals surface area (Å²) in [6, 6.07) is 12.0. The highest BCUT2D eigenvalue weighted by Gasteiger charge is 2.24. The van der Waals surface area contributed by atoms with Gasteiger partial charge < -0.3 is 4.90 Å². The van der Waals surface area contributed by atoms with Gasteiger partial charge in [0.05, 0.1) is 11.6 Å². The first-order valence-electron chi connectivity index (χ1n) is 12.3. The molecule has 6 heteroatoms. The number of rotatable bonds is 10. The van der Waals surface area contributed by atoms with Gasteiger partial charge in [0.15, 0.2) is 0 Å². The van der Waals surface area contributed by atoms with Crippen LogP contribution in [0, 0.1) is 11.6 Å². The fourth-order valence-electron chi connectivity index (χ4n) is 4.34. The van der Waals surface area contributed by atoms with E-state index >= 15 is 0 Å².